The zero-order chi connectivity index (χ0) is 24.7. The third-order valence-corrected chi connectivity index (χ3v) is 5.21. The molecule has 184 valence electrons. The Balaban J connectivity index is 4.36. The molecule has 1 unspecified atom stereocenters. The summed E-state index contributed by atoms with van der Waals surface area (Å²) < 4.78 is 5.56. The van der Waals surface area contributed by atoms with Crippen molar-refractivity contribution in [3.8, 4) is 0 Å². The van der Waals surface area contributed by atoms with Gasteiger partial charge in [-0.3, -0.25) is 14.4 Å². The van der Waals surface area contributed by atoms with Crippen LogP contribution in [0.1, 0.15) is 66.2 Å². The fourth-order valence-electron chi connectivity index (χ4n) is 2.91. The van der Waals surface area contributed by atoms with Crippen LogP contribution in [0.5, 0.6) is 0 Å². The molecule has 5 N–H and O–H groups in total. The first-order valence-electron chi connectivity index (χ1n) is 10.9. The molecular weight excluding hydrogens is 480 g/mol. The smallest absolute Gasteiger partial charge is 0.312 e. The molecule has 0 heterocycles. The maximum atomic E-state index is 12.6. The lowest BCUT2D eigenvalue weighted by Gasteiger charge is -2.25. The largest absolute Gasteiger partial charge is 0.495 e. The van der Waals surface area contributed by atoms with E-state index < -0.39 is 23.4 Å². The van der Waals surface area contributed by atoms with E-state index in [1.807, 2.05) is 6.92 Å². The van der Waals surface area contributed by atoms with E-state index in [0.29, 0.717) is 43.3 Å². The van der Waals surface area contributed by atoms with Gasteiger partial charge in [0.2, 0.25) is 11.8 Å². The van der Waals surface area contributed by atoms with Crippen LogP contribution in [0.2, 0.25) is 0 Å². The average molecular weight is 519 g/mol. The van der Waals surface area contributed by atoms with Gasteiger partial charge < -0.3 is 26.4 Å². The van der Waals surface area contributed by atoms with E-state index in [1.165, 1.54) is 0 Å². The molecule has 0 aliphatic rings. The summed E-state index contributed by atoms with van der Waals surface area (Å²) >= 11 is 3.28. The number of rotatable bonds is 16. The van der Waals surface area contributed by atoms with Crippen LogP contribution in [0.15, 0.2) is 12.3 Å². The standard InChI is InChI=1S/C22H39BrN4O5/c1-15(32-16(2)13-23)9-6-7-11-18(28)26-14-19(29)27-17(20(30)22(3,4)5)10-8-12-25-21(24)31/h15,17H,2,6-14H2,1,3-5H3,(H,26,28)(H,27,29)(H3,24,25,31)/t15?,17-/m0/s1. The molecule has 0 aliphatic heterocycles. The van der Waals surface area contributed by atoms with Gasteiger partial charge in [0.05, 0.1) is 29.8 Å². The first-order valence-corrected chi connectivity index (χ1v) is 12.0. The number of carbonyl (C=O) groups excluding carboxylic acids is 4. The lowest BCUT2D eigenvalue weighted by molar-refractivity contribution is -0.132. The van der Waals surface area contributed by atoms with E-state index in [9.17, 15) is 19.2 Å². The second-order valence-corrected chi connectivity index (χ2v) is 9.35. The van der Waals surface area contributed by atoms with Crippen LogP contribution in [0.3, 0.4) is 0 Å². The maximum Gasteiger partial charge on any atom is 0.312 e. The average Bonchev–Trinajstić information content (AvgIpc) is 2.70. The number of allylic oxidation sites excluding steroid dienone is 1. The highest BCUT2D eigenvalue weighted by Gasteiger charge is 2.30. The van der Waals surface area contributed by atoms with E-state index >= 15 is 0 Å². The summed E-state index contributed by atoms with van der Waals surface area (Å²) in [6.07, 6.45) is 3.48. The minimum atomic E-state index is -0.704. The Hall–Kier alpha value is -2.10. The molecule has 0 rings (SSSR count). The highest BCUT2D eigenvalue weighted by Crippen LogP contribution is 2.19. The Bertz CT molecular complexity index is 649. The minimum Gasteiger partial charge on any atom is -0.495 e. The molecule has 0 aromatic rings. The third-order valence-electron chi connectivity index (χ3n) is 4.59. The van der Waals surface area contributed by atoms with Gasteiger partial charge in [-0.05, 0) is 39.0 Å². The summed E-state index contributed by atoms with van der Waals surface area (Å²) in [5.74, 6) is -0.0918. The molecule has 32 heavy (non-hydrogen) atoms. The van der Waals surface area contributed by atoms with Crippen LogP contribution in [0, 0.1) is 5.41 Å². The van der Waals surface area contributed by atoms with Gasteiger partial charge in [0.15, 0.2) is 5.78 Å². The summed E-state index contributed by atoms with van der Waals surface area (Å²) in [5, 5.41) is 8.34. The zero-order valence-corrected chi connectivity index (χ0v) is 21.3. The van der Waals surface area contributed by atoms with Crippen LogP contribution in [-0.4, -0.2) is 54.2 Å². The Labute approximate surface area is 199 Å². The quantitative estimate of drug-likeness (QED) is 0.141. The number of nitrogens with two attached hydrogens (primary N) is 1. The summed E-state index contributed by atoms with van der Waals surface area (Å²) in [5.41, 5.74) is 4.39. The van der Waals surface area contributed by atoms with E-state index in [4.69, 9.17) is 10.5 Å². The number of Topliss-reactive ketones (excluding diaryl/α,β-unsaturated/α-hetero) is 1. The van der Waals surface area contributed by atoms with Gasteiger partial charge in [0.25, 0.3) is 0 Å². The van der Waals surface area contributed by atoms with Gasteiger partial charge in [-0.25, -0.2) is 4.79 Å². The van der Waals surface area contributed by atoms with Crippen LogP contribution in [-0.2, 0) is 19.1 Å². The zero-order valence-electron chi connectivity index (χ0n) is 19.7. The Kier molecular flexibility index (Phi) is 14.6. The molecule has 0 fully saturated rings. The first kappa shape index (κ1) is 29.9. The number of unbranched alkanes of at least 4 members (excludes halogenated alkanes) is 1. The summed E-state index contributed by atoms with van der Waals surface area (Å²) in [7, 11) is 0. The summed E-state index contributed by atoms with van der Waals surface area (Å²) in [4.78, 5) is 47.7. The molecular formula is C22H39BrN4O5. The van der Waals surface area contributed by atoms with Crippen LogP contribution < -0.4 is 21.7 Å². The number of alkyl halides is 1. The number of urea groups is 1. The van der Waals surface area contributed by atoms with Crippen molar-refractivity contribution in [1.82, 2.24) is 16.0 Å². The fraction of sp³-hybridized carbons (Fsp3) is 0.727. The van der Waals surface area contributed by atoms with Gasteiger partial charge in [-0.15, -0.1) is 0 Å². The van der Waals surface area contributed by atoms with Crippen molar-refractivity contribution in [2.75, 3.05) is 18.4 Å². The molecule has 10 heteroatoms. The fourth-order valence-corrected chi connectivity index (χ4v) is 3.05. The number of ketones is 1. The normalized spacial score (nSPS) is 12.9. The Morgan fingerprint density at radius 2 is 1.69 bits per heavy atom. The van der Waals surface area contributed by atoms with Gasteiger partial charge in [0.1, 0.15) is 0 Å². The molecule has 0 bridgehead atoms. The highest BCUT2D eigenvalue weighted by atomic mass is 79.9. The van der Waals surface area contributed by atoms with Crippen molar-refractivity contribution in [2.24, 2.45) is 11.1 Å². The van der Waals surface area contributed by atoms with Crippen LogP contribution in [0.4, 0.5) is 4.79 Å². The predicted molar refractivity (Wildman–Crippen MR) is 128 cm³/mol. The minimum absolute atomic E-state index is 0.0318. The number of hydrogen-bond acceptors (Lipinski definition) is 5. The molecule has 9 nitrogen and oxygen atoms in total. The number of primary amides is 1. The molecule has 0 aromatic carbocycles. The Morgan fingerprint density at radius 1 is 1.03 bits per heavy atom. The van der Waals surface area contributed by atoms with Crippen LogP contribution in [0.25, 0.3) is 0 Å². The number of amides is 4. The maximum absolute atomic E-state index is 12.6. The third kappa shape index (κ3) is 14.8. The topological polar surface area (TPSA) is 140 Å². The van der Waals surface area contributed by atoms with E-state index in [-0.39, 0.29) is 24.3 Å². The van der Waals surface area contributed by atoms with Crippen molar-refractivity contribution >= 4 is 39.6 Å². The molecule has 0 saturated carbocycles. The molecule has 0 radical (unpaired) electrons. The van der Waals surface area contributed by atoms with Crippen LogP contribution >= 0.6 is 15.9 Å². The van der Waals surface area contributed by atoms with Crippen molar-refractivity contribution in [3.05, 3.63) is 12.3 Å². The van der Waals surface area contributed by atoms with Crippen molar-refractivity contribution in [3.63, 3.8) is 0 Å². The molecule has 0 aromatic heterocycles. The number of hydrogen-bond donors (Lipinski definition) is 4. The predicted octanol–water partition coefficient (Wildman–Crippen LogP) is 2.53. The molecule has 4 amide bonds. The monoisotopic (exact) mass is 518 g/mol. The molecule has 0 aliphatic carbocycles. The summed E-state index contributed by atoms with van der Waals surface area (Å²) in [6, 6.07) is -1.34. The molecule has 0 spiro atoms. The van der Waals surface area contributed by atoms with E-state index in [0.717, 1.165) is 12.8 Å². The van der Waals surface area contributed by atoms with Crippen molar-refractivity contribution in [1.29, 1.82) is 0 Å². The lowest BCUT2D eigenvalue weighted by atomic mass is 9.85. The second kappa shape index (κ2) is 15.7. The molecule has 0 saturated heterocycles. The first-order chi connectivity index (χ1) is 14.9. The Morgan fingerprint density at radius 3 is 2.25 bits per heavy atom. The number of nitrogens with one attached hydrogen (secondary N) is 3. The van der Waals surface area contributed by atoms with E-state index in [1.54, 1.807) is 20.8 Å². The number of carbonyl (C=O) groups is 4. The molecule has 2 atom stereocenters. The second-order valence-electron chi connectivity index (χ2n) is 8.79. The van der Waals surface area contributed by atoms with Gasteiger partial charge in [-0.1, -0.05) is 43.3 Å². The van der Waals surface area contributed by atoms with Gasteiger partial charge in [0, 0.05) is 18.4 Å². The number of halogens is 1. The number of ether oxygens (including phenoxy) is 1. The summed E-state index contributed by atoms with van der Waals surface area (Å²) in [6.45, 7) is 11.2. The van der Waals surface area contributed by atoms with Crippen molar-refractivity contribution < 1.29 is 23.9 Å². The van der Waals surface area contributed by atoms with Gasteiger partial charge in [-0.2, -0.15) is 0 Å². The van der Waals surface area contributed by atoms with E-state index in [2.05, 4.69) is 38.5 Å². The van der Waals surface area contributed by atoms with Gasteiger partial charge >= 0.3 is 6.03 Å². The SMILES string of the molecule is C=C(CBr)OC(C)CCCCC(=O)NCC(=O)N[C@@H](CCCNC(N)=O)C(=O)C(C)(C)C. The lowest BCUT2D eigenvalue weighted by Crippen LogP contribution is -2.49. The van der Waals surface area contributed by atoms with Crippen molar-refractivity contribution in [2.45, 2.75) is 78.4 Å². The highest BCUT2D eigenvalue weighted by molar-refractivity contribution is 9.09.